The molecule has 0 aliphatic carbocycles. The molecule has 0 radical (unpaired) electrons. The van der Waals surface area contributed by atoms with Crippen LogP contribution in [0.1, 0.15) is 31.9 Å². The van der Waals surface area contributed by atoms with Crippen LogP contribution < -0.4 is 4.74 Å². The Balaban J connectivity index is 1.66. The minimum absolute atomic E-state index is 0.0951. The number of hydrogen-bond acceptors (Lipinski definition) is 5. The van der Waals surface area contributed by atoms with Gasteiger partial charge in [-0.25, -0.2) is 4.98 Å². The van der Waals surface area contributed by atoms with Crippen LogP contribution in [0.25, 0.3) is 0 Å². The zero-order valence-electron chi connectivity index (χ0n) is 13.1. The maximum Gasteiger partial charge on any atom is 0.282 e. The number of rotatable bonds is 5. The van der Waals surface area contributed by atoms with E-state index in [-0.39, 0.29) is 18.5 Å². The Labute approximate surface area is 135 Å². The highest BCUT2D eigenvalue weighted by atomic mass is 32.2. The Bertz CT molecular complexity index is 664. The van der Waals surface area contributed by atoms with Crippen molar-refractivity contribution in [3.8, 4) is 5.88 Å². The molecule has 2 saturated heterocycles. The maximum atomic E-state index is 14.1. The molecule has 2 aliphatic rings. The summed E-state index contributed by atoms with van der Waals surface area (Å²) < 4.78 is 47.6. The van der Waals surface area contributed by atoms with E-state index in [9.17, 15) is 12.8 Å². The van der Waals surface area contributed by atoms with Gasteiger partial charge in [0.15, 0.2) is 0 Å². The van der Waals surface area contributed by atoms with Crippen LogP contribution in [0, 0.1) is 5.82 Å². The van der Waals surface area contributed by atoms with E-state index < -0.39 is 16.0 Å². The molecule has 3 heterocycles. The van der Waals surface area contributed by atoms with E-state index >= 15 is 0 Å². The monoisotopic (exact) mass is 344 g/mol. The zero-order chi connectivity index (χ0) is 16.4. The van der Waals surface area contributed by atoms with Gasteiger partial charge in [-0.1, -0.05) is 6.92 Å². The summed E-state index contributed by atoms with van der Waals surface area (Å²) >= 11 is 0. The lowest BCUT2D eigenvalue weighted by molar-refractivity contribution is 0.194. The quantitative estimate of drug-likeness (QED) is 0.796. The van der Waals surface area contributed by atoms with Gasteiger partial charge in [0.05, 0.1) is 12.2 Å². The van der Waals surface area contributed by atoms with Crippen LogP contribution in [0.2, 0.25) is 0 Å². The lowest BCUT2D eigenvalue weighted by Gasteiger charge is -2.23. The second kappa shape index (κ2) is 6.66. The maximum absolute atomic E-state index is 14.1. The summed E-state index contributed by atoms with van der Waals surface area (Å²) in [6, 6.07) is 0. The van der Waals surface area contributed by atoms with E-state index in [4.69, 9.17) is 4.74 Å². The van der Waals surface area contributed by atoms with Gasteiger partial charge in [0.1, 0.15) is 12.4 Å². The highest BCUT2D eigenvalue weighted by Crippen LogP contribution is 2.24. The predicted octanol–water partition coefficient (Wildman–Crippen LogP) is 0.972. The van der Waals surface area contributed by atoms with Crippen LogP contribution >= 0.6 is 0 Å². The minimum Gasteiger partial charge on any atom is -0.471 e. The van der Waals surface area contributed by atoms with Gasteiger partial charge in [0.25, 0.3) is 16.1 Å². The third-order valence-electron chi connectivity index (χ3n) is 4.27. The number of nitrogens with zero attached hydrogens (tertiary/aromatic N) is 4. The average Bonchev–Trinajstić information content (AvgIpc) is 3.21. The topological polar surface area (TPSA) is 75.6 Å². The molecule has 1 atom stereocenters. The molecule has 0 spiro atoms. The molecule has 3 rings (SSSR count). The summed E-state index contributed by atoms with van der Waals surface area (Å²) in [5, 5.41) is 0. The zero-order valence-corrected chi connectivity index (χ0v) is 13.9. The molecule has 1 aromatic rings. The Morgan fingerprint density at radius 1 is 1.26 bits per heavy atom. The smallest absolute Gasteiger partial charge is 0.282 e. The third kappa shape index (κ3) is 3.31. The molecule has 1 aromatic heterocycles. The molecule has 0 aromatic carbocycles. The van der Waals surface area contributed by atoms with E-state index in [1.54, 1.807) is 6.92 Å². The van der Waals surface area contributed by atoms with Crippen LogP contribution in [0.4, 0.5) is 4.39 Å². The molecule has 2 fully saturated rings. The first kappa shape index (κ1) is 16.5. The standard InChI is InChI=1S/C14H21FN4O3S/c1-2-12-13(15)14(17-10-16-12)22-11-5-8-19(9-11)23(20,21)18-6-3-4-7-18/h10-11H,2-9H2,1H3/t11-/m1/s1. The Morgan fingerprint density at radius 3 is 2.70 bits per heavy atom. The van der Waals surface area contributed by atoms with E-state index in [2.05, 4.69) is 9.97 Å². The molecular weight excluding hydrogens is 323 g/mol. The summed E-state index contributed by atoms with van der Waals surface area (Å²) in [5.74, 6) is -0.655. The van der Waals surface area contributed by atoms with E-state index in [1.807, 2.05) is 0 Å². The van der Waals surface area contributed by atoms with Gasteiger partial charge in [0, 0.05) is 19.6 Å². The molecule has 9 heteroatoms. The van der Waals surface area contributed by atoms with Gasteiger partial charge in [-0.3, -0.25) is 0 Å². The number of aryl methyl sites for hydroxylation is 1. The second-order valence-electron chi connectivity index (χ2n) is 5.79. The fourth-order valence-corrected chi connectivity index (χ4v) is 4.70. The van der Waals surface area contributed by atoms with E-state index in [0.29, 0.717) is 38.2 Å². The number of halogens is 1. The van der Waals surface area contributed by atoms with Crippen molar-refractivity contribution in [3.63, 3.8) is 0 Å². The molecule has 128 valence electrons. The number of aromatic nitrogens is 2. The van der Waals surface area contributed by atoms with Gasteiger partial charge >= 0.3 is 0 Å². The predicted molar refractivity (Wildman–Crippen MR) is 81.7 cm³/mol. The molecule has 0 unspecified atom stereocenters. The first-order valence-corrected chi connectivity index (χ1v) is 9.33. The molecule has 23 heavy (non-hydrogen) atoms. The number of hydrogen-bond donors (Lipinski definition) is 0. The van der Waals surface area contributed by atoms with Crippen molar-refractivity contribution in [1.29, 1.82) is 0 Å². The largest absolute Gasteiger partial charge is 0.471 e. The summed E-state index contributed by atoms with van der Waals surface area (Å²) in [6.45, 7) is 3.56. The van der Waals surface area contributed by atoms with Crippen molar-refractivity contribution < 1.29 is 17.5 Å². The summed E-state index contributed by atoms with van der Waals surface area (Å²) in [6.07, 6.45) is 3.66. The van der Waals surface area contributed by atoms with Crippen molar-refractivity contribution in [2.45, 2.75) is 38.7 Å². The van der Waals surface area contributed by atoms with Crippen LogP contribution in [-0.4, -0.2) is 59.3 Å². The molecular formula is C14H21FN4O3S. The Kier molecular flexibility index (Phi) is 4.79. The highest BCUT2D eigenvalue weighted by Gasteiger charge is 2.37. The van der Waals surface area contributed by atoms with Crippen molar-refractivity contribution >= 4 is 10.2 Å². The van der Waals surface area contributed by atoms with Gasteiger partial charge in [-0.2, -0.15) is 26.4 Å². The number of ether oxygens (including phenoxy) is 1. The summed E-state index contributed by atoms with van der Waals surface area (Å²) in [7, 11) is -3.43. The Hall–Kier alpha value is -1.32. The first-order chi connectivity index (χ1) is 11.0. The SMILES string of the molecule is CCc1ncnc(O[C@@H]2CCN(S(=O)(=O)N3CCCC3)C2)c1F. The lowest BCUT2D eigenvalue weighted by atomic mass is 10.3. The van der Waals surface area contributed by atoms with Crippen LogP contribution in [0.3, 0.4) is 0 Å². The lowest BCUT2D eigenvalue weighted by Crippen LogP contribution is -2.41. The molecule has 0 N–H and O–H groups in total. The van der Waals surface area contributed by atoms with Gasteiger partial charge < -0.3 is 4.74 Å². The molecule has 2 aliphatic heterocycles. The van der Waals surface area contributed by atoms with Crippen molar-refractivity contribution in [2.75, 3.05) is 26.2 Å². The minimum atomic E-state index is -3.43. The second-order valence-corrected chi connectivity index (χ2v) is 7.72. The van der Waals surface area contributed by atoms with Gasteiger partial charge in [-0.05, 0) is 25.7 Å². The summed E-state index contributed by atoms with van der Waals surface area (Å²) in [5.41, 5.74) is 0.301. The molecule has 0 bridgehead atoms. The van der Waals surface area contributed by atoms with Crippen molar-refractivity contribution in [2.24, 2.45) is 0 Å². The molecule has 7 nitrogen and oxygen atoms in total. The van der Waals surface area contributed by atoms with Crippen molar-refractivity contribution in [1.82, 2.24) is 18.6 Å². The van der Waals surface area contributed by atoms with E-state index in [0.717, 1.165) is 12.8 Å². The van der Waals surface area contributed by atoms with E-state index in [1.165, 1.54) is 14.9 Å². The third-order valence-corrected chi connectivity index (χ3v) is 6.27. The normalized spacial score (nSPS) is 23.5. The average molecular weight is 344 g/mol. The fourth-order valence-electron chi connectivity index (χ4n) is 2.96. The first-order valence-electron chi connectivity index (χ1n) is 7.93. The molecule has 0 amide bonds. The summed E-state index contributed by atoms with van der Waals surface area (Å²) in [4.78, 5) is 7.69. The Morgan fingerprint density at radius 2 is 2.00 bits per heavy atom. The van der Waals surface area contributed by atoms with Crippen LogP contribution in [0.5, 0.6) is 5.88 Å². The van der Waals surface area contributed by atoms with Crippen LogP contribution in [0.15, 0.2) is 6.33 Å². The van der Waals surface area contributed by atoms with Gasteiger partial charge in [0.2, 0.25) is 5.82 Å². The van der Waals surface area contributed by atoms with Crippen LogP contribution in [-0.2, 0) is 16.6 Å². The van der Waals surface area contributed by atoms with Gasteiger partial charge in [-0.15, -0.1) is 0 Å². The molecule has 0 saturated carbocycles. The highest BCUT2D eigenvalue weighted by molar-refractivity contribution is 7.86. The van der Waals surface area contributed by atoms with Crippen molar-refractivity contribution in [3.05, 3.63) is 17.8 Å². The fraction of sp³-hybridized carbons (Fsp3) is 0.714.